The van der Waals surface area contributed by atoms with Crippen LogP contribution in [0.3, 0.4) is 0 Å². The first-order valence-corrected chi connectivity index (χ1v) is 12.1. The number of aromatic hydroxyl groups is 2. The van der Waals surface area contributed by atoms with Crippen LogP contribution < -0.4 is 0 Å². The molecule has 7 nitrogen and oxygen atoms in total. The molecule has 4 rings (SSSR count). The molecule has 0 amide bonds. The van der Waals surface area contributed by atoms with Gasteiger partial charge in [0.2, 0.25) is 10.0 Å². The molecule has 0 bridgehead atoms. The van der Waals surface area contributed by atoms with Crippen molar-refractivity contribution in [3.63, 3.8) is 0 Å². The number of phenolic OH excluding ortho intramolecular Hbond substituents is 2. The highest BCUT2D eigenvalue weighted by atomic mass is 35.5. The van der Waals surface area contributed by atoms with Crippen LogP contribution in [0.5, 0.6) is 11.5 Å². The minimum atomic E-state index is -4.33. The van der Waals surface area contributed by atoms with Crippen LogP contribution in [-0.4, -0.2) is 39.8 Å². The maximum atomic E-state index is 14.2. The van der Waals surface area contributed by atoms with Gasteiger partial charge >= 0.3 is 0 Å². The molecule has 34 heavy (non-hydrogen) atoms. The zero-order valence-electron chi connectivity index (χ0n) is 17.7. The van der Waals surface area contributed by atoms with Crippen molar-refractivity contribution >= 4 is 33.2 Å². The second-order valence-corrected chi connectivity index (χ2v) is 10.2. The lowest BCUT2D eigenvalue weighted by molar-refractivity contribution is 0.427. The molecule has 0 radical (unpaired) electrons. The molecular formula is C23H18Cl2FN3O4S. The van der Waals surface area contributed by atoms with E-state index >= 15 is 0 Å². The highest BCUT2D eigenvalue weighted by Gasteiger charge is 2.28. The first-order chi connectivity index (χ1) is 16.1. The molecule has 1 heterocycles. The summed E-state index contributed by atoms with van der Waals surface area (Å²) in [5.74, 6) is -1.70. The quantitative estimate of drug-likeness (QED) is 0.362. The van der Waals surface area contributed by atoms with Crippen LogP contribution in [0, 0.1) is 5.82 Å². The number of para-hydroxylation sites is 1. The van der Waals surface area contributed by atoms with Crippen LogP contribution in [0.1, 0.15) is 5.56 Å². The Bertz CT molecular complexity index is 1470. The Hall–Kier alpha value is -3.11. The van der Waals surface area contributed by atoms with Gasteiger partial charge in [0.1, 0.15) is 22.2 Å². The molecule has 0 unspecified atom stereocenters. The van der Waals surface area contributed by atoms with E-state index < -0.39 is 26.5 Å². The average molecular weight is 522 g/mol. The Balaban J connectivity index is 1.79. The molecule has 4 aromatic rings. The van der Waals surface area contributed by atoms with E-state index in [9.17, 15) is 23.0 Å². The molecule has 1 aromatic heterocycles. The number of halogens is 3. The smallest absolute Gasteiger partial charge is 0.246 e. The zero-order chi connectivity index (χ0) is 24.6. The van der Waals surface area contributed by atoms with Crippen molar-refractivity contribution in [1.82, 2.24) is 14.1 Å². The number of phenols is 2. The van der Waals surface area contributed by atoms with Crippen molar-refractivity contribution in [2.75, 3.05) is 7.05 Å². The van der Waals surface area contributed by atoms with Crippen molar-refractivity contribution in [2.45, 2.75) is 11.4 Å². The van der Waals surface area contributed by atoms with Gasteiger partial charge in [0, 0.05) is 35.8 Å². The largest absolute Gasteiger partial charge is 0.507 e. The van der Waals surface area contributed by atoms with Crippen molar-refractivity contribution in [3.8, 4) is 28.4 Å². The van der Waals surface area contributed by atoms with Crippen LogP contribution in [0.15, 0.2) is 71.8 Å². The van der Waals surface area contributed by atoms with Crippen LogP contribution in [-0.2, 0) is 16.6 Å². The van der Waals surface area contributed by atoms with Crippen molar-refractivity contribution in [3.05, 3.63) is 88.3 Å². The van der Waals surface area contributed by atoms with Crippen molar-refractivity contribution < 1.29 is 23.0 Å². The van der Waals surface area contributed by atoms with Gasteiger partial charge in [-0.05, 0) is 36.4 Å². The normalized spacial score (nSPS) is 11.8. The molecule has 3 aromatic carbocycles. The number of benzene rings is 3. The third kappa shape index (κ3) is 4.35. The summed E-state index contributed by atoms with van der Waals surface area (Å²) in [7, 11) is -3.09. The number of sulfonamides is 1. The maximum absolute atomic E-state index is 14.2. The van der Waals surface area contributed by atoms with Gasteiger partial charge in [0.05, 0.1) is 22.6 Å². The Morgan fingerprint density at radius 1 is 1.00 bits per heavy atom. The minimum Gasteiger partial charge on any atom is -0.507 e. The third-order valence-electron chi connectivity index (χ3n) is 5.21. The third-order valence-corrected chi connectivity index (χ3v) is 7.71. The Labute approximate surface area is 205 Å². The van der Waals surface area contributed by atoms with E-state index in [0.717, 1.165) is 16.4 Å². The highest BCUT2D eigenvalue weighted by molar-refractivity contribution is 7.89. The number of aromatic nitrogens is 2. The minimum absolute atomic E-state index is 0.00877. The summed E-state index contributed by atoms with van der Waals surface area (Å²) in [5, 5.41) is 25.6. The Kier molecular flexibility index (Phi) is 6.55. The van der Waals surface area contributed by atoms with Gasteiger partial charge in [-0.25, -0.2) is 17.5 Å². The van der Waals surface area contributed by atoms with E-state index in [4.69, 9.17) is 23.2 Å². The second-order valence-electron chi connectivity index (χ2n) is 7.38. The van der Waals surface area contributed by atoms with Gasteiger partial charge in [0.25, 0.3) is 0 Å². The molecule has 0 atom stereocenters. The number of rotatable bonds is 6. The average Bonchev–Trinajstić information content (AvgIpc) is 3.25. The molecule has 0 saturated heterocycles. The van der Waals surface area contributed by atoms with Gasteiger partial charge in [0.15, 0.2) is 0 Å². The molecule has 2 N–H and O–H groups in total. The fourth-order valence-electron chi connectivity index (χ4n) is 3.45. The van der Waals surface area contributed by atoms with E-state index in [2.05, 4.69) is 5.10 Å². The molecule has 0 aliphatic heterocycles. The van der Waals surface area contributed by atoms with Gasteiger partial charge in [-0.2, -0.15) is 9.40 Å². The summed E-state index contributed by atoms with van der Waals surface area (Å²) in [5.41, 5.74) is 0.922. The first kappa shape index (κ1) is 24.0. The van der Waals surface area contributed by atoms with E-state index in [-0.39, 0.29) is 28.4 Å². The zero-order valence-corrected chi connectivity index (χ0v) is 20.0. The SMILES string of the molecule is CN(Cc1c(F)cccc1Cl)S(=O)(=O)c1cc(-c2ccnn2-c2ccccc2Cl)c(O)cc1O. The first-order valence-electron chi connectivity index (χ1n) is 9.85. The molecule has 176 valence electrons. The molecule has 0 spiro atoms. The van der Waals surface area contributed by atoms with Crippen LogP contribution in [0.25, 0.3) is 16.9 Å². The van der Waals surface area contributed by atoms with Gasteiger partial charge in [-0.15, -0.1) is 0 Å². The number of hydrogen-bond donors (Lipinski definition) is 2. The van der Waals surface area contributed by atoms with E-state index in [1.165, 1.54) is 36.1 Å². The van der Waals surface area contributed by atoms with Gasteiger partial charge in [-0.1, -0.05) is 41.4 Å². The second kappa shape index (κ2) is 9.27. The monoisotopic (exact) mass is 521 g/mol. The molecule has 11 heteroatoms. The van der Waals surface area contributed by atoms with Gasteiger partial charge < -0.3 is 10.2 Å². The number of hydrogen-bond acceptors (Lipinski definition) is 5. The van der Waals surface area contributed by atoms with Crippen LogP contribution in [0.2, 0.25) is 10.0 Å². The van der Waals surface area contributed by atoms with Crippen LogP contribution in [0.4, 0.5) is 4.39 Å². The summed E-state index contributed by atoms with van der Waals surface area (Å²) in [6, 6.07) is 14.5. The van der Waals surface area contributed by atoms with Crippen LogP contribution >= 0.6 is 23.2 Å². The summed E-state index contributed by atoms with van der Waals surface area (Å²) in [6.07, 6.45) is 1.46. The van der Waals surface area contributed by atoms with Crippen molar-refractivity contribution in [1.29, 1.82) is 0 Å². The Morgan fingerprint density at radius 3 is 2.41 bits per heavy atom. The number of nitrogens with zero attached hydrogens (tertiary/aromatic N) is 3. The highest BCUT2D eigenvalue weighted by Crippen LogP contribution is 2.39. The molecule has 0 aliphatic rings. The summed E-state index contributed by atoms with van der Waals surface area (Å²) < 4.78 is 43.1. The lowest BCUT2D eigenvalue weighted by atomic mass is 10.1. The summed E-state index contributed by atoms with van der Waals surface area (Å²) in [4.78, 5) is -0.484. The summed E-state index contributed by atoms with van der Waals surface area (Å²) >= 11 is 12.3. The molecule has 0 aliphatic carbocycles. The maximum Gasteiger partial charge on any atom is 0.246 e. The summed E-state index contributed by atoms with van der Waals surface area (Å²) in [6.45, 7) is -0.374. The molecule has 0 saturated carbocycles. The van der Waals surface area contributed by atoms with E-state index in [0.29, 0.717) is 16.4 Å². The standard InChI is InChI=1S/C23H18Cl2FN3O4S/c1-28(13-15-16(24)6-4-7-18(15)26)34(32,33)23-11-14(21(30)12-22(23)31)19-9-10-27-29(19)20-8-3-2-5-17(20)25/h2-12,30-31H,13H2,1H3. The van der Waals surface area contributed by atoms with Gasteiger partial charge in [-0.3, -0.25) is 0 Å². The molecule has 0 fully saturated rings. The van der Waals surface area contributed by atoms with E-state index in [1.54, 1.807) is 30.3 Å². The predicted molar refractivity (Wildman–Crippen MR) is 127 cm³/mol. The topological polar surface area (TPSA) is 95.7 Å². The fourth-order valence-corrected chi connectivity index (χ4v) is 5.11. The fraction of sp³-hybridized carbons (Fsp3) is 0.0870. The lowest BCUT2D eigenvalue weighted by Crippen LogP contribution is -2.27. The molecular weight excluding hydrogens is 504 g/mol. The predicted octanol–water partition coefficient (Wildman–Crippen LogP) is 5.22. The Morgan fingerprint density at radius 2 is 1.71 bits per heavy atom. The van der Waals surface area contributed by atoms with Crippen molar-refractivity contribution in [2.24, 2.45) is 0 Å². The lowest BCUT2D eigenvalue weighted by Gasteiger charge is -2.20. The van der Waals surface area contributed by atoms with E-state index in [1.807, 2.05) is 0 Å².